The Morgan fingerprint density at radius 3 is 2.22 bits per heavy atom. The Morgan fingerprint density at radius 1 is 0.969 bits per heavy atom. The standard InChI is InChI=1S/C23H26Cl2N4O3/c1-29(15-19(30)27-20-17(24)10-7-11-18(20)25)21(31)23(12-5-6-13-23)28-22(32)26-14-16-8-3-2-4-9-16/h2-4,7-11H,5-6,12-15H2,1H3,(H,27,30)(H2,26,28,32). The lowest BCUT2D eigenvalue weighted by molar-refractivity contribution is -0.138. The summed E-state index contributed by atoms with van der Waals surface area (Å²) >= 11 is 12.2. The van der Waals surface area contributed by atoms with Crippen LogP contribution < -0.4 is 16.0 Å². The van der Waals surface area contributed by atoms with E-state index in [0.717, 1.165) is 18.4 Å². The van der Waals surface area contributed by atoms with E-state index in [4.69, 9.17) is 23.2 Å². The van der Waals surface area contributed by atoms with Crippen molar-refractivity contribution in [1.29, 1.82) is 0 Å². The Bertz CT molecular complexity index is 958. The molecule has 0 atom stereocenters. The predicted molar refractivity (Wildman–Crippen MR) is 126 cm³/mol. The minimum absolute atomic E-state index is 0.199. The van der Waals surface area contributed by atoms with Crippen LogP contribution in [-0.4, -0.2) is 41.9 Å². The molecule has 3 rings (SSSR count). The van der Waals surface area contributed by atoms with Crippen molar-refractivity contribution in [1.82, 2.24) is 15.5 Å². The van der Waals surface area contributed by atoms with E-state index in [2.05, 4.69) is 16.0 Å². The van der Waals surface area contributed by atoms with Gasteiger partial charge in [-0.2, -0.15) is 0 Å². The molecule has 0 heterocycles. The molecule has 4 amide bonds. The third-order valence-electron chi connectivity index (χ3n) is 5.47. The molecule has 0 aliphatic heterocycles. The molecule has 0 aromatic heterocycles. The van der Waals surface area contributed by atoms with Crippen molar-refractivity contribution in [3.05, 3.63) is 64.1 Å². The first-order valence-corrected chi connectivity index (χ1v) is 11.2. The Morgan fingerprint density at radius 2 is 1.59 bits per heavy atom. The summed E-state index contributed by atoms with van der Waals surface area (Å²) in [7, 11) is 1.54. The zero-order chi connectivity index (χ0) is 23.1. The summed E-state index contributed by atoms with van der Waals surface area (Å²) in [5, 5.41) is 8.94. The third kappa shape index (κ3) is 5.93. The van der Waals surface area contributed by atoms with E-state index >= 15 is 0 Å². The molecular formula is C23H26Cl2N4O3. The number of para-hydroxylation sites is 1. The largest absolute Gasteiger partial charge is 0.334 e. The quantitative estimate of drug-likeness (QED) is 0.558. The van der Waals surface area contributed by atoms with Gasteiger partial charge in [0.05, 0.1) is 22.3 Å². The van der Waals surface area contributed by atoms with E-state index in [1.807, 2.05) is 30.3 Å². The highest BCUT2D eigenvalue weighted by molar-refractivity contribution is 6.39. The number of halogens is 2. The maximum absolute atomic E-state index is 13.3. The lowest BCUT2D eigenvalue weighted by Crippen LogP contribution is -2.60. The molecule has 2 aromatic rings. The zero-order valence-corrected chi connectivity index (χ0v) is 19.3. The van der Waals surface area contributed by atoms with E-state index in [1.165, 1.54) is 4.90 Å². The first-order chi connectivity index (χ1) is 15.3. The van der Waals surface area contributed by atoms with Crippen molar-refractivity contribution >= 4 is 46.7 Å². The van der Waals surface area contributed by atoms with Crippen LogP contribution in [-0.2, 0) is 16.1 Å². The van der Waals surface area contributed by atoms with Crippen LogP contribution in [0, 0.1) is 0 Å². The third-order valence-corrected chi connectivity index (χ3v) is 6.10. The highest BCUT2D eigenvalue weighted by atomic mass is 35.5. The molecule has 0 unspecified atom stereocenters. The molecule has 32 heavy (non-hydrogen) atoms. The van der Waals surface area contributed by atoms with E-state index in [0.29, 0.717) is 35.1 Å². The summed E-state index contributed by atoms with van der Waals surface area (Å²) in [6, 6.07) is 14.0. The minimum Gasteiger partial charge on any atom is -0.334 e. The summed E-state index contributed by atoms with van der Waals surface area (Å²) in [5.41, 5.74) is 0.231. The fraction of sp³-hybridized carbons (Fsp3) is 0.348. The van der Waals surface area contributed by atoms with Crippen molar-refractivity contribution in [3.8, 4) is 0 Å². The minimum atomic E-state index is -1.03. The van der Waals surface area contributed by atoms with Crippen LogP contribution in [0.3, 0.4) is 0 Å². The summed E-state index contributed by atoms with van der Waals surface area (Å²) in [6.45, 7) is 0.156. The van der Waals surface area contributed by atoms with Crippen LogP contribution in [0.5, 0.6) is 0 Å². The summed E-state index contributed by atoms with van der Waals surface area (Å²) in [5.74, 6) is -0.734. The molecule has 1 fully saturated rings. The van der Waals surface area contributed by atoms with Crippen LogP contribution in [0.4, 0.5) is 10.5 Å². The van der Waals surface area contributed by atoms with Crippen molar-refractivity contribution in [3.63, 3.8) is 0 Å². The smallest absolute Gasteiger partial charge is 0.315 e. The Hall–Kier alpha value is -2.77. The predicted octanol–water partition coefficient (Wildman–Crippen LogP) is 4.20. The van der Waals surface area contributed by atoms with Crippen LogP contribution in [0.2, 0.25) is 10.0 Å². The van der Waals surface area contributed by atoms with Gasteiger partial charge in [0, 0.05) is 13.6 Å². The highest BCUT2D eigenvalue weighted by Gasteiger charge is 2.44. The topological polar surface area (TPSA) is 90.5 Å². The molecule has 0 radical (unpaired) electrons. The van der Waals surface area contributed by atoms with Gasteiger partial charge in [-0.1, -0.05) is 72.4 Å². The number of carbonyl (C=O) groups is 3. The molecule has 9 heteroatoms. The van der Waals surface area contributed by atoms with Gasteiger partial charge in [-0.25, -0.2) is 4.79 Å². The number of anilines is 1. The van der Waals surface area contributed by atoms with Crippen LogP contribution in [0.15, 0.2) is 48.5 Å². The number of amides is 4. The fourth-order valence-corrected chi connectivity index (χ4v) is 4.35. The van der Waals surface area contributed by atoms with Crippen molar-refractivity contribution in [2.24, 2.45) is 0 Å². The number of rotatable bonds is 7. The molecular weight excluding hydrogens is 451 g/mol. The summed E-state index contributed by atoms with van der Waals surface area (Å²) in [6.07, 6.45) is 2.68. The Kier molecular flexibility index (Phi) is 7.99. The van der Waals surface area contributed by atoms with Gasteiger partial charge in [-0.15, -0.1) is 0 Å². The zero-order valence-electron chi connectivity index (χ0n) is 17.8. The van der Waals surface area contributed by atoms with Gasteiger partial charge in [-0.05, 0) is 30.5 Å². The second kappa shape index (κ2) is 10.7. The maximum Gasteiger partial charge on any atom is 0.315 e. The first-order valence-electron chi connectivity index (χ1n) is 10.4. The molecule has 1 saturated carbocycles. The number of hydrogen-bond acceptors (Lipinski definition) is 3. The number of nitrogens with one attached hydrogen (secondary N) is 3. The van der Waals surface area contributed by atoms with Crippen LogP contribution in [0.25, 0.3) is 0 Å². The maximum atomic E-state index is 13.3. The molecule has 7 nitrogen and oxygen atoms in total. The first kappa shape index (κ1) is 23.9. The van der Waals surface area contributed by atoms with Crippen molar-refractivity contribution < 1.29 is 14.4 Å². The molecule has 0 bridgehead atoms. The van der Waals surface area contributed by atoms with Crippen molar-refractivity contribution in [2.45, 2.75) is 37.8 Å². The second-order valence-corrected chi connectivity index (χ2v) is 8.70. The summed E-state index contributed by atoms with van der Waals surface area (Å²) in [4.78, 5) is 39.6. The molecule has 1 aliphatic carbocycles. The summed E-state index contributed by atoms with van der Waals surface area (Å²) < 4.78 is 0. The number of likely N-dealkylation sites (N-methyl/N-ethyl adjacent to an activating group) is 1. The van der Waals surface area contributed by atoms with Crippen LogP contribution >= 0.6 is 23.2 Å². The monoisotopic (exact) mass is 476 g/mol. The van der Waals surface area contributed by atoms with Gasteiger partial charge in [0.15, 0.2) is 0 Å². The van der Waals surface area contributed by atoms with Gasteiger partial charge in [0.2, 0.25) is 11.8 Å². The number of carbonyl (C=O) groups excluding carboxylic acids is 3. The van der Waals surface area contributed by atoms with E-state index in [-0.39, 0.29) is 12.5 Å². The molecule has 0 saturated heterocycles. The normalized spacial score (nSPS) is 14.5. The average Bonchev–Trinajstić information content (AvgIpc) is 3.24. The fourth-order valence-electron chi connectivity index (χ4n) is 3.86. The van der Waals surface area contributed by atoms with Crippen LogP contribution in [0.1, 0.15) is 31.2 Å². The molecule has 3 N–H and O–H groups in total. The van der Waals surface area contributed by atoms with Crippen molar-refractivity contribution in [2.75, 3.05) is 18.9 Å². The van der Waals surface area contributed by atoms with Gasteiger partial charge in [0.25, 0.3) is 0 Å². The molecule has 0 spiro atoms. The number of benzene rings is 2. The highest BCUT2D eigenvalue weighted by Crippen LogP contribution is 2.32. The van der Waals surface area contributed by atoms with E-state index in [9.17, 15) is 14.4 Å². The molecule has 170 valence electrons. The second-order valence-electron chi connectivity index (χ2n) is 7.89. The van der Waals surface area contributed by atoms with Gasteiger partial charge >= 0.3 is 6.03 Å². The van der Waals surface area contributed by atoms with Gasteiger partial charge in [-0.3, -0.25) is 9.59 Å². The average molecular weight is 477 g/mol. The van der Waals surface area contributed by atoms with E-state index < -0.39 is 17.5 Å². The number of urea groups is 1. The molecule has 1 aliphatic rings. The molecule has 2 aromatic carbocycles. The van der Waals surface area contributed by atoms with Gasteiger partial charge in [0.1, 0.15) is 5.54 Å². The number of hydrogen-bond donors (Lipinski definition) is 3. The lowest BCUT2D eigenvalue weighted by Gasteiger charge is -2.33. The van der Waals surface area contributed by atoms with Gasteiger partial charge < -0.3 is 20.9 Å². The number of nitrogens with zero attached hydrogens (tertiary/aromatic N) is 1. The van der Waals surface area contributed by atoms with E-state index in [1.54, 1.807) is 25.2 Å². The lowest BCUT2D eigenvalue weighted by atomic mass is 9.95. The SMILES string of the molecule is CN(CC(=O)Nc1c(Cl)cccc1Cl)C(=O)C1(NC(=O)NCc2ccccc2)CCCC1. The Labute approximate surface area is 197 Å². The Balaban J connectivity index is 1.60.